The van der Waals surface area contributed by atoms with E-state index in [2.05, 4.69) is 27.7 Å². The van der Waals surface area contributed by atoms with Crippen LogP contribution in [0.1, 0.15) is 34.1 Å². The number of hydrogen-bond donors (Lipinski definition) is 1. The topological polar surface area (TPSA) is 46.3 Å². The van der Waals surface area contributed by atoms with Gasteiger partial charge in [-0.3, -0.25) is 4.79 Å². The molecule has 1 aliphatic carbocycles. The Kier molecular flexibility index (Phi) is 2.91. The Labute approximate surface area is 86.6 Å². The molecule has 3 atom stereocenters. The van der Waals surface area contributed by atoms with Crippen molar-refractivity contribution in [2.24, 2.45) is 17.1 Å². The number of hydrogen-bond acceptors (Lipinski definition) is 2. The fourth-order valence-corrected chi connectivity index (χ4v) is 1.53. The smallest absolute Gasteiger partial charge is 0.227 e. The van der Waals surface area contributed by atoms with Crippen LogP contribution >= 0.6 is 0 Å². The molecule has 2 N–H and O–H groups in total. The van der Waals surface area contributed by atoms with Crippen molar-refractivity contribution in [2.45, 2.75) is 46.2 Å². The van der Waals surface area contributed by atoms with Gasteiger partial charge < -0.3 is 10.6 Å². The van der Waals surface area contributed by atoms with E-state index in [9.17, 15) is 4.79 Å². The maximum absolute atomic E-state index is 11.8. The van der Waals surface area contributed by atoms with Gasteiger partial charge in [0.1, 0.15) is 0 Å². The fraction of sp³-hybridized carbons (Fsp3) is 0.909. The molecule has 0 aliphatic heterocycles. The van der Waals surface area contributed by atoms with Crippen LogP contribution < -0.4 is 5.73 Å². The zero-order valence-electron chi connectivity index (χ0n) is 9.87. The quantitative estimate of drug-likeness (QED) is 0.725. The molecule has 0 aromatic carbocycles. The fourth-order valence-electron chi connectivity index (χ4n) is 1.53. The second kappa shape index (κ2) is 3.54. The van der Waals surface area contributed by atoms with Gasteiger partial charge in [0.05, 0.1) is 5.92 Å². The summed E-state index contributed by atoms with van der Waals surface area (Å²) in [6.45, 7) is 8.53. The van der Waals surface area contributed by atoms with E-state index in [0.717, 1.165) is 6.42 Å². The van der Waals surface area contributed by atoms with Crippen molar-refractivity contribution in [3.8, 4) is 0 Å². The van der Waals surface area contributed by atoms with Crippen molar-refractivity contribution in [3.63, 3.8) is 0 Å². The highest BCUT2D eigenvalue weighted by molar-refractivity contribution is 5.82. The molecular formula is C11H22N2O. The monoisotopic (exact) mass is 198 g/mol. The first-order valence-corrected chi connectivity index (χ1v) is 5.27. The molecule has 0 aromatic rings. The van der Waals surface area contributed by atoms with Gasteiger partial charge >= 0.3 is 0 Å². The molecule has 0 heterocycles. The van der Waals surface area contributed by atoms with Gasteiger partial charge in [0.25, 0.3) is 0 Å². The van der Waals surface area contributed by atoms with Crippen molar-refractivity contribution < 1.29 is 4.79 Å². The third-order valence-electron chi connectivity index (χ3n) is 3.34. The lowest BCUT2D eigenvalue weighted by Crippen LogP contribution is -2.44. The van der Waals surface area contributed by atoms with Crippen molar-refractivity contribution >= 4 is 5.91 Å². The van der Waals surface area contributed by atoms with Gasteiger partial charge in [-0.25, -0.2) is 0 Å². The van der Waals surface area contributed by atoms with Crippen LogP contribution in [-0.4, -0.2) is 29.9 Å². The molecular weight excluding hydrogens is 176 g/mol. The van der Waals surface area contributed by atoms with Crippen LogP contribution in [0.15, 0.2) is 0 Å². The van der Waals surface area contributed by atoms with E-state index >= 15 is 0 Å². The van der Waals surface area contributed by atoms with Gasteiger partial charge in [-0.15, -0.1) is 0 Å². The first kappa shape index (κ1) is 11.5. The van der Waals surface area contributed by atoms with E-state index in [4.69, 9.17) is 5.73 Å². The van der Waals surface area contributed by atoms with Gasteiger partial charge in [-0.1, -0.05) is 20.8 Å². The summed E-state index contributed by atoms with van der Waals surface area (Å²) in [4.78, 5) is 13.7. The number of carbonyl (C=O) groups excluding carboxylic acids is 1. The Balaban J connectivity index is 2.56. The highest BCUT2D eigenvalue weighted by atomic mass is 16.2. The summed E-state index contributed by atoms with van der Waals surface area (Å²) in [5.74, 6) is 0.296. The van der Waals surface area contributed by atoms with Crippen LogP contribution in [0.3, 0.4) is 0 Å². The summed E-state index contributed by atoms with van der Waals surface area (Å²) in [7, 11) is 1.88. The zero-order valence-corrected chi connectivity index (χ0v) is 9.87. The summed E-state index contributed by atoms with van der Waals surface area (Å²) in [6.07, 6.45) is 0.861. The van der Waals surface area contributed by atoms with E-state index in [1.165, 1.54) is 0 Å². The number of nitrogens with two attached hydrogens (primary N) is 1. The van der Waals surface area contributed by atoms with Crippen LogP contribution in [0, 0.1) is 11.3 Å². The van der Waals surface area contributed by atoms with Crippen LogP contribution in [0.2, 0.25) is 0 Å². The number of carbonyl (C=O) groups is 1. The van der Waals surface area contributed by atoms with Crippen LogP contribution in [0.5, 0.6) is 0 Å². The van der Waals surface area contributed by atoms with E-state index in [-0.39, 0.29) is 29.3 Å². The molecule has 0 saturated heterocycles. The summed E-state index contributed by atoms with van der Waals surface area (Å²) in [5.41, 5.74) is 5.80. The third kappa shape index (κ3) is 2.27. The summed E-state index contributed by atoms with van der Waals surface area (Å²) >= 11 is 0. The molecule has 3 unspecified atom stereocenters. The van der Waals surface area contributed by atoms with Crippen molar-refractivity contribution in [1.82, 2.24) is 4.90 Å². The Bertz CT molecular complexity index is 232. The lowest BCUT2D eigenvalue weighted by Gasteiger charge is -2.35. The Hall–Kier alpha value is -0.570. The maximum atomic E-state index is 11.8. The van der Waals surface area contributed by atoms with E-state index in [1.54, 1.807) is 0 Å². The van der Waals surface area contributed by atoms with Gasteiger partial charge in [-0.2, -0.15) is 0 Å². The maximum Gasteiger partial charge on any atom is 0.227 e. The number of nitrogens with zero attached hydrogens (tertiary/aromatic N) is 1. The van der Waals surface area contributed by atoms with Crippen molar-refractivity contribution in [1.29, 1.82) is 0 Å². The SMILES string of the molecule is CC(N(C)C(=O)C1CC1N)C(C)(C)C. The second-order valence-electron chi connectivity index (χ2n) is 5.50. The highest BCUT2D eigenvalue weighted by Crippen LogP contribution is 2.32. The predicted molar refractivity (Wildman–Crippen MR) is 57.8 cm³/mol. The minimum Gasteiger partial charge on any atom is -0.342 e. The van der Waals surface area contributed by atoms with Crippen LogP contribution in [0.25, 0.3) is 0 Å². The van der Waals surface area contributed by atoms with Gasteiger partial charge in [-0.05, 0) is 18.8 Å². The Morgan fingerprint density at radius 1 is 1.50 bits per heavy atom. The second-order valence-corrected chi connectivity index (χ2v) is 5.50. The molecule has 1 fully saturated rings. The van der Waals surface area contributed by atoms with Gasteiger partial charge in [0, 0.05) is 19.1 Å². The molecule has 0 bridgehead atoms. The van der Waals surface area contributed by atoms with E-state index < -0.39 is 0 Å². The van der Waals surface area contributed by atoms with Gasteiger partial charge in [0.15, 0.2) is 0 Å². The third-order valence-corrected chi connectivity index (χ3v) is 3.34. The molecule has 1 saturated carbocycles. The standard InChI is InChI=1S/C11H22N2O/c1-7(11(2,3)4)13(5)10(14)8-6-9(8)12/h7-9H,6,12H2,1-5H3. The minimum absolute atomic E-state index is 0.0878. The van der Waals surface area contributed by atoms with Crippen LogP contribution in [-0.2, 0) is 4.79 Å². The largest absolute Gasteiger partial charge is 0.342 e. The predicted octanol–water partition coefficient (Wildman–Crippen LogP) is 1.23. The first-order chi connectivity index (χ1) is 6.25. The highest BCUT2D eigenvalue weighted by Gasteiger charge is 2.43. The molecule has 3 nitrogen and oxygen atoms in total. The molecule has 1 rings (SSSR count). The lowest BCUT2D eigenvalue weighted by atomic mass is 9.87. The molecule has 82 valence electrons. The zero-order chi connectivity index (χ0) is 11.1. The average Bonchev–Trinajstić information content (AvgIpc) is 2.77. The van der Waals surface area contributed by atoms with Crippen molar-refractivity contribution in [3.05, 3.63) is 0 Å². The van der Waals surface area contributed by atoms with E-state index in [1.807, 2.05) is 11.9 Å². The van der Waals surface area contributed by atoms with Crippen LogP contribution in [0.4, 0.5) is 0 Å². The first-order valence-electron chi connectivity index (χ1n) is 5.27. The molecule has 1 amide bonds. The van der Waals surface area contributed by atoms with Gasteiger partial charge in [0.2, 0.25) is 5.91 Å². The molecule has 14 heavy (non-hydrogen) atoms. The summed E-state index contributed by atoms with van der Waals surface area (Å²) < 4.78 is 0. The molecule has 3 heteroatoms. The Morgan fingerprint density at radius 2 is 1.93 bits per heavy atom. The number of rotatable bonds is 2. The summed E-state index contributed by atoms with van der Waals surface area (Å²) in [6, 6.07) is 0.361. The molecule has 0 radical (unpaired) electrons. The van der Waals surface area contributed by atoms with Crippen molar-refractivity contribution in [2.75, 3.05) is 7.05 Å². The molecule has 0 aromatic heterocycles. The molecule has 0 spiro atoms. The average molecular weight is 198 g/mol. The Morgan fingerprint density at radius 3 is 2.21 bits per heavy atom. The lowest BCUT2D eigenvalue weighted by molar-refractivity contribution is -0.135. The van der Waals surface area contributed by atoms with E-state index in [0.29, 0.717) is 0 Å². The summed E-state index contributed by atoms with van der Waals surface area (Å²) in [5, 5.41) is 0. The number of amides is 1. The minimum atomic E-state index is 0.0878. The molecule has 1 aliphatic rings. The normalized spacial score (nSPS) is 28.4.